The molecule has 0 aliphatic heterocycles. The van der Waals surface area contributed by atoms with Crippen LogP contribution >= 0.6 is 0 Å². The standard InChI is InChI=1S/C14H8N2O2/c15-7-9-3-1-5-11(13(9)17)12-6-2-4-10(8-16)14(12)18/h1-6,17-18H. The molecule has 2 N–H and O–H groups in total. The molecule has 0 unspecified atom stereocenters. The highest BCUT2D eigenvalue weighted by Gasteiger charge is 2.14. The van der Waals surface area contributed by atoms with Gasteiger partial charge in [0.25, 0.3) is 0 Å². The van der Waals surface area contributed by atoms with E-state index in [1.165, 1.54) is 12.1 Å². The summed E-state index contributed by atoms with van der Waals surface area (Å²) in [7, 11) is 0. The third-order valence-corrected chi connectivity index (χ3v) is 2.60. The Morgan fingerprint density at radius 3 is 1.44 bits per heavy atom. The molecular weight excluding hydrogens is 228 g/mol. The quantitative estimate of drug-likeness (QED) is 0.796. The van der Waals surface area contributed by atoms with Gasteiger partial charge in [0.2, 0.25) is 0 Å². The number of nitriles is 2. The molecule has 2 rings (SSSR count). The maximum absolute atomic E-state index is 9.91. The lowest BCUT2D eigenvalue weighted by Crippen LogP contribution is -1.86. The average Bonchev–Trinajstić information content (AvgIpc) is 2.40. The summed E-state index contributed by atoms with van der Waals surface area (Å²) in [6, 6.07) is 13.0. The van der Waals surface area contributed by atoms with Crippen LogP contribution in [0.4, 0.5) is 0 Å². The third-order valence-electron chi connectivity index (χ3n) is 2.60. The zero-order valence-corrected chi connectivity index (χ0v) is 9.25. The number of hydrogen-bond donors (Lipinski definition) is 2. The molecule has 4 nitrogen and oxygen atoms in total. The van der Waals surface area contributed by atoms with Gasteiger partial charge < -0.3 is 10.2 Å². The van der Waals surface area contributed by atoms with Gasteiger partial charge >= 0.3 is 0 Å². The first-order chi connectivity index (χ1) is 8.69. The van der Waals surface area contributed by atoms with Crippen molar-refractivity contribution in [2.24, 2.45) is 0 Å². The van der Waals surface area contributed by atoms with Gasteiger partial charge in [0.15, 0.2) is 0 Å². The number of benzene rings is 2. The van der Waals surface area contributed by atoms with Crippen molar-refractivity contribution in [2.75, 3.05) is 0 Å². The summed E-state index contributed by atoms with van der Waals surface area (Å²) >= 11 is 0. The fourth-order valence-electron chi connectivity index (χ4n) is 1.70. The van der Waals surface area contributed by atoms with Crippen molar-refractivity contribution in [3.8, 4) is 34.8 Å². The second-order valence-corrected chi connectivity index (χ2v) is 3.63. The third kappa shape index (κ3) is 1.73. The van der Waals surface area contributed by atoms with Crippen molar-refractivity contribution < 1.29 is 10.2 Å². The van der Waals surface area contributed by atoms with Gasteiger partial charge in [-0.15, -0.1) is 0 Å². The first-order valence-corrected chi connectivity index (χ1v) is 5.13. The van der Waals surface area contributed by atoms with Gasteiger partial charge in [0.1, 0.15) is 23.6 Å². The number of nitrogens with zero attached hydrogens (tertiary/aromatic N) is 2. The van der Waals surface area contributed by atoms with Crippen molar-refractivity contribution in [1.82, 2.24) is 0 Å². The molecule has 0 fully saturated rings. The Labute approximate surface area is 104 Å². The Morgan fingerprint density at radius 2 is 1.11 bits per heavy atom. The fraction of sp³-hybridized carbons (Fsp3) is 0. The number of hydrogen-bond acceptors (Lipinski definition) is 4. The van der Waals surface area contributed by atoms with Gasteiger partial charge in [-0.25, -0.2) is 0 Å². The number of rotatable bonds is 1. The summed E-state index contributed by atoms with van der Waals surface area (Å²) < 4.78 is 0. The SMILES string of the molecule is N#Cc1cccc(-c2cccc(C#N)c2O)c1O. The molecule has 0 aliphatic carbocycles. The van der Waals surface area contributed by atoms with Crippen molar-refractivity contribution >= 4 is 0 Å². The molecular formula is C14H8N2O2. The molecule has 0 atom stereocenters. The van der Waals surface area contributed by atoms with E-state index < -0.39 is 0 Å². The van der Waals surface area contributed by atoms with Crippen LogP contribution in [0.15, 0.2) is 36.4 Å². The highest BCUT2D eigenvalue weighted by atomic mass is 16.3. The molecule has 0 radical (unpaired) electrons. The second-order valence-electron chi connectivity index (χ2n) is 3.63. The normalized spacial score (nSPS) is 9.44. The molecule has 18 heavy (non-hydrogen) atoms. The lowest BCUT2D eigenvalue weighted by molar-refractivity contribution is 0.467. The first kappa shape index (κ1) is 11.5. The predicted molar refractivity (Wildman–Crippen MR) is 64.6 cm³/mol. The average molecular weight is 236 g/mol. The summed E-state index contributed by atoms with van der Waals surface area (Å²) in [6.07, 6.45) is 0. The van der Waals surface area contributed by atoms with Crippen LogP contribution in [0.2, 0.25) is 0 Å². The number of phenolic OH excluding ortho intramolecular Hbond substituents is 2. The van der Waals surface area contributed by atoms with E-state index in [0.29, 0.717) is 11.1 Å². The minimum atomic E-state index is -0.203. The van der Waals surface area contributed by atoms with Crippen molar-refractivity contribution in [1.29, 1.82) is 10.5 Å². The minimum Gasteiger partial charge on any atom is -0.506 e. The number of phenols is 2. The van der Waals surface area contributed by atoms with Gasteiger partial charge in [-0.1, -0.05) is 24.3 Å². The smallest absolute Gasteiger partial charge is 0.141 e. The van der Waals surface area contributed by atoms with Gasteiger partial charge in [-0.05, 0) is 12.1 Å². The molecule has 0 spiro atoms. The van der Waals surface area contributed by atoms with Crippen molar-refractivity contribution in [3.05, 3.63) is 47.5 Å². The van der Waals surface area contributed by atoms with Crippen molar-refractivity contribution in [2.45, 2.75) is 0 Å². The van der Waals surface area contributed by atoms with Crippen LogP contribution < -0.4 is 0 Å². The first-order valence-electron chi connectivity index (χ1n) is 5.13. The molecule has 0 saturated carbocycles. The van der Waals surface area contributed by atoms with Crippen LogP contribution in [-0.4, -0.2) is 10.2 Å². The highest BCUT2D eigenvalue weighted by Crippen LogP contribution is 2.38. The Morgan fingerprint density at radius 1 is 0.722 bits per heavy atom. The second kappa shape index (κ2) is 4.48. The zero-order valence-electron chi connectivity index (χ0n) is 9.25. The van der Waals surface area contributed by atoms with E-state index in [0.717, 1.165) is 0 Å². The van der Waals surface area contributed by atoms with E-state index in [1.807, 2.05) is 12.1 Å². The van der Waals surface area contributed by atoms with E-state index in [-0.39, 0.29) is 22.6 Å². The summed E-state index contributed by atoms with van der Waals surface area (Å²) in [5, 5.41) is 37.5. The number of para-hydroxylation sites is 2. The molecule has 4 heteroatoms. The van der Waals surface area contributed by atoms with Crippen LogP contribution in [0.3, 0.4) is 0 Å². The number of aromatic hydroxyl groups is 2. The van der Waals surface area contributed by atoms with Gasteiger partial charge in [-0.3, -0.25) is 0 Å². The van der Waals surface area contributed by atoms with Gasteiger partial charge in [-0.2, -0.15) is 10.5 Å². The maximum Gasteiger partial charge on any atom is 0.141 e. The van der Waals surface area contributed by atoms with Crippen LogP contribution in [0, 0.1) is 22.7 Å². The molecule has 0 amide bonds. The monoisotopic (exact) mass is 236 g/mol. The van der Waals surface area contributed by atoms with Crippen molar-refractivity contribution in [3.63, 3.8) is 0 Å². The molecule has 2 aromatic carbocycles. The molecule has 0 bridgehead atoms. The summed E-state index contributed by atoms with van der Waals surface area (Å²) in [4.78, 5) is 0. The van der Waals surface area contributed by atoms with Crippen LogP contribution in [0.1, 0.15) is 11.1 Å². The lowest BCUT2D eigenvalue weighted by atomic mass is 9.99. The van der Waals surface area contributed by atoms with E-state index in [9.17, 15) is 10.2 Å². The molecule has 0 heterocycles. The topological polar surface area (TPSA) is 88.0 Å². The van der Waals surface area contributed by atoms with Crippen LogP contribution in [-0.2, 0) is 0 Å². The largest absolute Gasteiger partial charge is 0.506 e. The molecule has 86 valence electrons. The summed E-state index contributed by atoms with van der Waals surface area (Å²) in [6.45, 7) is 0. The lowest BCUT2D eigenvalue weighted by Gasteiger charge is -2.08. The van der Waals surface area contributed by atoms with E-state index in [4.69, 9.17) is 10.5 Å². The fourth-order valence-corrected chi connectivity index (χ4v) is 1.70. The molecule has 0 aliphatic rings. The molecule has 2 aromatic rings. The molecule has 0 aromatic heterocycles. The van der Waals surface area contributed by atoms with Crippen LogP contribution in [0.25, 0.3) is 11.1 Å². The Hall–Kier alpha value is -2.98. The van der Waals surface area contributed by atoms with Gasteiger partial charge in [0, 0.05) is 11.1 Å². The van der Waals surface area contributed by atoms with Crippen LogP contribution in [0.5, 0.6) is 11.5 Å². The van der Waals surface area contributed by atoms with Gasteiger partial charge in [0.05, 0.1) is 11.1 Å². The predicted octanol–water partition coefficient (Wildman–Crippen LogP) is 2.51. The Bertz CT molecular complexity index is 632. The summed E-state index contributed by atoms with van der Waals surface area (Å²) in [5.41, 5.74) is 0.885. The molecule has 0 saturated heterocycles. The highest BCUT2D eigenvalue weighted by molar-refractivity contribution is 5.79. The maximum atomic E-state index is 9.91. The van der Waals surface area contributed by atoms with E-state index in [1.54, 1.807) is 24.3 Å². The summed E-state index contributed by atoms with van der Waals surface area (Å²) in [5.74, 6) is -0.407. The Balaban J connectivity index is 2.72. The van der Waals surface area contributed by atoms with E-state index in [2.05, 4.69) is 0 Å². The van der Waals surface area contributed by atoms with E-state index >= 15 is 0 Å². The minimum absolute atomic E-state index is 0.120. The zero-order chi connectivity index (χ0) is 13.1. The Kier molecular flexibility index (Phi) is 2.87.